The molecular weight excluding hydrogens is 428 g/mol. The van der Waals surface area contributed by atoms with Crippen molar-refractivity contribution >= 4 is 29.1 Å². The second kappa shape index (κ2) is 9.44. The summed E-state index contributed by atoms with van der Waals surface area (Å²) >= 11 is 1.61. The molecule has 2 amide bonds. The van der Waals surface area contributed by atoms with E-state index in [0.717, 1.165) is 30.6 Å². The highest BCUT2D eigenvalue weighted by Crippen LogP contribution is 2.29. The zero-order valence-electron chi connectivity index (χ0n) is 18.4. The Morgan fingerprint density at radius 3 is 2.62 bits per heavy atom. The first-order valence-corrected chi connectivity index (χ1v) is 12.2. The first-order valence-electron chi connectivity index (χ1n) is 11.3. The lowest BCUT2D eigenvalue weighted by Crippen LogP contribution is -2.65. The summed E-state index contributed by atoms with van der Waals surface area (Å²) in [7, 11) is 0. The maximum absolute atomic E-state index is 13.6. The Hall–Kier alpha value is -2.68. The maximum Gasteiger partial charge on any atom is 0.356 e. The summed E-state index contributed by atoms with van der Waals surface area (Å²) in [5.41, 5.74) is -1.12. The number of hydrogen-bond acceptors (Lipinski definition) is 5. The summed E-state index contributed by atoms with van der Waals surface area (Å²) in [6.07, 6.45) is 8.32. The van der Waals surface area contributed by atoms with Crippen LogP contribution in [0.1, 0.15) is 77.7 Å². The van der Waals surface area contributed by atoms with Crippen molar-refractivity contribution in [2.24, 2.45) is 0 Å². The number of carboxylic acid groups (broad SMARTS) is 1. The highest BCUT2D eigenvalue weighted by Gasteiger charge is 2.48. The fraction of sp³-hybridized carbons (Fsp3) is 0.565. The summed E-state index contributed by atoms with van der Waals surface area (Å²) in [5.74, 6) is -1.74. The fourth-order valence-electron chi connectivity index (χ4n) is 4.71. The minimum atomic E-state index is -1.19. The van der Waals surface area contributed by atoms with Crippen molar-refractivity contribution in [3.63, 3.8) is 0 Å². The second-order valence-corrected chi connectivity index (χ2v) is 9.99. The van der Waals surface area contributed by atoms with Crippen LogP contribution >= 0.6 is 11.3 Å². The van der Waals surface area contributed by atoms with Crippen LogP contribution in [-0.2, 0) is 17.8 Å². The molecule has 0 radical (unpaired) electrons. The molecule has 2 N–H and O–H groups in total. The third kappa shape index (κ3) is 4.57. The molecule has 4 rings (SSSR count). The molecule has 1 fully saturated rings. The van der Waals surface area contributed by atoms with Gasteiger partial charge in [-0.3, -0.25) is 14.3 Å². The molecule has 32 heavy (non-hydrogen) atoms. The summed E-state index contributed by atoms with van der Waals surface area (Å²) in [6, 6.07) is 5.38. The van der Waals surface area contributed by atoms with Gasteiger partial charge in [-0.05, 0) is 37.6 Å². The van der Waals surface area contributed by atoms with E-state index in [2.05, 4.69) is 10.4 Å². The van der Waals surface area contributed by atoms with E-state index in [1.54, 1.807) is 23.2 Å². The topological polar surface area (TPSA) is 105 Å². The smallest absolute Gasteiger partial charge is 0.356 e. The number of aromatic carboxylic acids is 1. The molecule has 2 aliphatic rings. The molecule has 8 nitrogen and oxygen atoms in total. The maximum atomic E-state index is 13.6. The van der Waals surface area contributed by atoms with E-state index in [1.165, 1.54) is 30.0 Å². The molecule has 3 heterocycles. The van der Waals surface area contributed by atoms with Crippen molar-refractivity contribution in [3.8, 4) is 0 Å². The molecule has 2 aromatic rings. The van der Waals surface area contributed by atoms with Crippen LogP contribution in [0.2, 0.25) is 0 Å². The SMILES string of the molecule is CC1(C(=O)NC2CCCCCCC2)Cn2nc(C(=O)O)cc2C(=O)N1CCc1cccs1. The van der Waals surface area contributed by atoms with E-state index in [1.807, 2.05) is 17.5 Å². The van der Waals surface area contributed by atoms with Crippen LogP contribution in [0.3, 0.4) is 0 Å². The summed E-state index contributed by atoms with van der Waals surface area (Å²) in [4.78, 5) is 41.2. The van der Waals surface area contributed by atoms with Crippen molar-refractivity contribution in [1.29, 1.82) is 0 Å². The monoisotopic (exact) mass is 458 g/mol. The van der Waals surface area contributed by atoms with Gasteiger partial charge in [0, 0.05) is 23.5 Å². The predicted octanol–water partition coefficient (Wildman–Crippen LogP) is 3.33. The van der Waals surface area contributed by atoms with Gasteiger partial charge in [-0.1, -0.05) is 38.2 Å². The van der Waals surface area contributed by atoms with Gasteiger partial charge in [0.2, 0.25) is 5.91 Å². The van der Waals surface area contributed by atoms with Crippen LogP contribution in [0.4, 0.5) is 0 Å². The molecule has 0 aromatic carbocycles. The number of hydrogen-bond donors (Lipinski definition) is 2. The summed E-state index contributed by atoms with van der Waals surface area (Å²) in [5, 5.41) is 18.6. The summed E-state index contributed by atoms with van der Waals surface area (Å²) < 4.78 is 1.38. The largest absolute Gasteiger partial charge is 0.476 e. The van der Waals surface area contributed by atoms with Crippen LogP contribution < -0.4 is 5.32 Å². The Bertz CT molecular complexity index is 978. The minimum Gasteiger partial charge on any atom is -0.476 e. The van der Waals surface area contributed by atoms with Gasteiger partial charge >= 0.3 is 5.97 Å². The highest BCUT2D eigenvalue weighted by molar-refractivity contribution is 7.09. The molecule has 0 bridgehead atoms. The van der Waals surface area contributed by atoms with E-state index in [-0.39, 0.29) is 35.8 Å². The number of aromatic nitrogens is 2. The number of carbonyl (C=O) groups excluding carboxylic acids is 2. The van der Waals surface area contributed by atoms with Crippen LogP contribution in [0.25, 0.3) is 0 Å². The quantitative estimate of drug-likeness (QED) is 0.691. The number of rotatable bonds is 6. The Balaban J connectivity index is 1.60. The van der Waals surface area contributed by atoms with Gasteiger partial charge in [-0.15, -0.1) is 11.3 Å². The molecule has 0 spiro atoms. The molecule has 0 saturated heterocycles. The van der Waals surface area contributed by atoms with Gasteiger partial charge in [0.05, 0.1) is 6.54 Å². The molecule has 172 valence electrons. The average molecular weight is 459 g/mol. The number of carbonyl (C=O) groups is 3. The Kier molecular flexibility index (Phi) is 6.64. The number of nitrogens with one attached hydrogen (secondary N) is 1. The van der Waals surface area contributed by atoms with E-state index in [9.17, 15) is 19.5 Å². The number of amides is 2. The molecule has 1 saturated carbocycles. The van der Waals surface area contributed by atoms with Crippen molar-refractivity contribution in [3.05, 3.63) is 39.8 Å². The molecule has 1 atom stereocenters. The van der Waals surface area contributed by atoms with Crippen molar-refractivity contribution in [2.75, 3.05) is 6.54 Å². The second-order valence-electron chi connectivity index (χ2n) is 8.95. The normalized spacial score (nSPS) is 22.2. The van der Waals surface area contributed by atoms with Gasteiger partial charge in [-0.2, -0.15) is 5.10 Å². The average Bonchev–Trinajstić information content (AvgIpc) is 3.39. The molecule has 9 heteroatoms. The fourth-order valence-corrected chi connectivity index (χ4v) is 5.41. The van der Waals surface area contributed by atoms with Gasteiger partial charge in [-0.25, -0.2) is 4.79 Å². The lowest BCUT2D eigenvalue weighted by atomic mass is 9.92. The molecule has 2 aromatic heterocycles. The van der Waals surface area contributed by atoms with Gasteiger partial charge in [0.1, 0.15) is 11.2 Å². The first kappa shape index (κ1) is 22.5. The number of fused-ring (bicyclic) bond motifs is 1. The van der Waals surface area contributed by atoms with Crippen LogP contribution in [-0.4, -0.2) is 55.7 Å². The van der Waals surface area contributed by atoms with E-state index < -0.39 is 11.5 Å². The lowest BCUT2D eigenvalue weighted by Gasteiger charge is -2.44. The van der Waals surface area contributed by atoms with Crippen LogP contribution in [0, 0.1) is 0 Å². The van der Waals surface area contributed by atoms with E-state index >= 15 is 0 Å². The van der Waals surface area contributed by atoms with Crippen LogP contribution in [0.15, 0.2) is 23.6 Å². The Morgan fingerprint density at radius 1 is 1.25 bits per heavy atom. The first-order chi connectivity index (χ1) is 15.4. The van der Waals surface area contributed by atoms with Crippen molar-refractivity contribution in [2.45, 2.75) is 76.4 Å². The number of carboxylic acids is 1. The van der Waals surface area contributed by atoms with Crippen molar-refractivity contribution in [1.82, 2.24) is 20.0 Å². The number of thiophene rings is 1. The van der Waals surface area contributed by atoms with E-state index in [4.69, 9.17) is 0 Å². The standard InChI is InChI=1S/C23H30N4O4S/c1-23(22(31)24-16-8-5-3-2-4-6-9-16)15-27-19(14-18(25-27)21(29)30)20(28)26(23)12-11-17-10-7-13-32-17/h7,10,13-14,16H,2-6,8-9,11-12,15H2,1H3,(H,24,31)(H,29,30). The van der Waals surface area contributed by atoms with Gasteiger partial charge in [0.25, 0.3) is 5.91 Å². The minimum absolute atomic E-state index is 0.0995. The zero-order chi connectivity index (χ0) is 22.7. The van der Waals surface area contributed by atoms with Crippen LogP contribution in [0.5, 0.6) is 0 Å². The third-order valence-corrected chi connectivity index (χ3v) is 7.54. The molecular formula is C23H30N4O4S. The Morgan fingerprint density at radius 2 is 1.97 bits per heavy atom. The third-order valence-electron chi connectivity index (χ3n) is 6.61. The van der Waals surface area contributed by atoms with Crippen molar-refractivity contribution < 1.29 is 19.5 Å². The Labute approximate surface area is 191 Å². The summed E-state index contributed by atoms with van der Waals surface area (Å²) in [6.45, 7) is 2.27. The number of nitrogens with zero attached hydrogens (tertiary/aromatic N) is 3. The van der Waals surface area contributed by atoms with E-state index in [0.29, 0.717) is 13.0 Å². The van der Waals surface area contributed by atoms with Gasteiger partial charge in [0.15, 0.2) is 5.69 Å². The predicted molar refractivity (Wildman–Crippen MR) is 121 cm³/mol. The molecule has 1 aliphatic carbocycles. The highest BCUT2D eigenvalue weighted by atomic mass is 32.1. The lowest BCUT2D eigenvalue weighted by molar-refractivity contribution is -0.134. The molecule has 1 aliphatic heterocycles. The van der Waals surface area contributed by atoms with Gasteiger partial charge < -0.3 is 15.3 Å². The molecule has 1 unspecified atom stereocenters. The zero-order valence-corrected chi connectivity index (χ0v) is 19.2.